The van der Waals surface area contributed by atoms with Crippen LogP contribution in [0.5, 0.6) is 0 Å². The first-order valence-electron chi connectivity index (χ1n) is 6.96. The summed E-state index contributed by atoms with van der Waals surface area (Å²) in [6.45, 7) is 1.79. The molecule has 0 spiro atoms. The number of pyridine rings is 1. The second-order valence-electron chi connectivity index (χ2n) is 5.30. The number of rotatable bonds is 5. The number of carbonyl (C=O) groups excluding carboxylic acids is 1. The summed E-state index contributed by atoms with van der Waals surface area (Å²) in [5, 5.41) is 3.56. The predicted molar refractivity (Wildman–Crippen MR) is 77.6 cm³/mol. The van der Waals surface area contributed by atoms with E-state index in [1.165, 1.54) is 5.56 Å². The molecule has 2 aromatic rings. The van der Waals surface area contributed by atoms with Crippen LogP contribution in [0.2, 0.25) is 0 Å². The summed E-state index contributed by atoms with van der Waals surface area (Å²) in [7, 11) is 0. The minimum absolute atomic E-state index is 0.150. The van der Waals surface area contributed by atoms with E-state index in [0.717, 1.165) is 12.1 Å². The fraction of sp³-hybridized carbons (Fsp3) is 0.429. The molecule has 7 nitrogen and oxygen atoms in total. The summed E-state index contributed by atoms with van der Waals surface area (Å²) in [6, 6.07) is 4.02. The molecule has 0 aliphatic carbocycles. The van der Waals surface area contributed by atoms with Crippen molar-refractivity contribution < 1.29 is 4.79 Å². The lowest BCUT2D eigenvalue weighted by Crippen LogP contribution is -2.27. The third-order valence-corrected chi connectivity index (χ3v) is 3.82. The molecule has 7 heteroatoms. The molecule has 108 valence electrons. The van der Waals surface area contributed by atoms with Crippen molar-refractivity contribution in [2.45, 2.75) is 12.8 Å². The van der Waals surface area contributed by atoms with E-state index in [4.69, 9.17) is 5.53 Å². The highest BCUT2D eigenvalue weighted by atomic mass is 16.2. The zero-order chi connectivity index (χ0) is 14.7. The van der Waals surface area contributed by atoms with Gasteiger partial charge < -0.3 is 9.30 Å². The van der Waals surface area contributed by atoms with Gasteiger partial charge in [0.2, 0.25) is 5.91 Å². The summed E-state index contributed by atoms with van der Waals surface area (Å²) in [5.74, 6) is 0.307. The molecular formula is C14H16N6O. The molecule has 1 aliphatic heterocycles. The van der Waals surface area contributed by atoms with Crippen LogP contribution in [0.15, 0.2) is 35.8 Å². The maximum atomic E-state index is 11.9. The Morgan fingerprint density at radius 2 is 2.38 bits per heavy atom. The molecule has 1 fully saturated rings. The number of hydrogen-bond acceptors (Lipinski definition) is 3. The summed E-state index contributed by atoms with van der Waals surface area (Å²) in [5.41, 5.74) is 10.4. The third-order valence-electron chi connectivity index (χ3n) is 3.82. The second kappa shape index (κ2) is 5.85. The lowest BCUT2D eigenvalue weighted by atomic mass is 10.1. The molecule has 3 rings (SSSR count). The fourth-order valence-electron chi connectivity index (χ4n) is 2.72. The number of azide groups is 1. The van der Waals surface area contributed by atoms with Gasteiger partial charge in [-0.1, -0.05) is 11.2 Å². The molecule has 0 saturated carbocycles. The molecule has 1 unspecified atom stereocenters. The van der Waals surface area contributed by atoms with E-state index in [2.05, 4.69) is 15.0 Å². The van der Waals surface area contributed by atoms with Gasteiger partial charge in [-0.25, -0.2) is 4.98 Å². The topological polar surface area (TPSA) is 86.4 Å². The van der Waals surface area contributed by atoms with E-state index in [0.29, 0.717) is 26.1 Å². The van der Waals surface area contributed by atoms with E-state index in [9.17, 15) is 4.79 Å². The number of amides is 1. The minimum Gasteiger partial charge on any atom is -0.342 e. The number of fused-ring (bicyclic) bond motifs is 1. The number of nitrogens with zero attached hydrogens (tertiary/aromatic N) is 6. The summed E-state index contributed by atoms with van der Waals surface area (Å²) < 4.78 is 1.98. The lowest BCUT2D eigenvalue weighted by molar-refractivity contribution is -0.127. The summed E-state index contributed by atoms with van der Waals surface area (Å²) in [6.07, 6.45) is 7.02. The average molecular weight is 284 g/mol. The van der Waals surface area contributed by atoms with Gasteiger partial charge in [-0.2, -0.15) is 0 Å². The Kier molecular flexibility index (Phi) is 3.75. The van der Waals surface area contributed by atoms with Gasteiger partial charge >= 0.3 is 0 Å². The van der Waals surface area contributed by atoms with Gasteiger partial charge in [0.15, 0.2) is 0 Å². The summed E-state index contributed by atoms with van der Waals surface area (Å²) >= 11 is 0. The molecule has 1 aliphatic rings. The highest BCUT2D eigenvalue weighted by molar-refractivity contribution is 5.78. The monoisotopic (exact) mass is 284 g/mol. The minimum atomic E-state index is 0.150. The molecule has 0 aromatic carbocycles. The molecule has 1 atom stereocenters. The van der Waals surface area contributed by atoms with Crippen molar-refractivity contribution in [3.05, 3.63) is 46.7 Å². The highest BCUT2D eigenvalue weighted by Gasteiger charge is 2.28. The van der Waals surface area contributed by atoms with Crippen LogP contribution in [0, 0.1) is 5.92 Å². The highest BCUT2D eigenvalue weighted by Crippen LogP contribution is 2.18. The van der Waals surface area contributed by atoms with E-state index in [-0.39, 0.29) is 11.8 Å². The van der Waals surface area contributed by atoms with Crippen LogP contribution in [0.1, 0.15) is 12.0 Å². The SMILES string of the molecule is [N-]=[N+]=NCC1CC(=O)N(CCc2ccc3nccn3c2)C1. The van der Waals surface area contributed by atoms with Gasteiger partial charge in [-0.15, -0.1) is 0 Å². The van der Waals surface area contributed by atoms with E-state index < -0.39 is 0 Å². The first-order valence-corrected chi connectivity index (χ1v) is 6.96. The van der Waals surface area contributed by atoms with Gasteiger partial charge in [-0.3, -0.25) is 4.79 Å². The molecule has 1 amide bonds. The van der Waals surface area contributed by atoms with Gasteiger partial charge in [0.1, 0.15) is 5.65 Å². The molecule has 2 aromatic heterocycles. The quantitative estimate of drug-likeness (QED) is 0.478. The Hall–Kier alpha value is -2.53. The van der Waals surface area contributed by atoms with Crippen LogP contribution < -0.4 is 0 Å². The fourth-order valence-corrected chi connectivity index (χ4v) is 2.72. The first kappa shape index (κ1) is 13.5. The Morgan fingerprint density at radius 3 is 3.24 bits per heavy atom. The number of aromatic nitrogens is 2. The zero-order valence-corrected chi connectivity index (χ0v) is 11.6. The van der Waals surface area contributed by atoms with E-state index in [1.807, 2.05) is 33.8 Å². The van der Waals surface area contributed by atoms with Crippen molar-refractivity contribution in [2.75, 3.05) is 19.6 Å². The number of likely N-dealkylation sites (tertiary alicyclic amines) is 1. The standard InChI is InChI=1S/C14H16N6O/c15-18-17-8-12-7-14(21)20(10-12)5-3-11-1-2-13-16-4-6-19(13)9-11/h1-2,4,6,9,12H,3,5,7-8,10H2. The van der Waals surface area contributed by atoms with E-state index in [1.54, 1.807) is 6.20 Å². The third kappa shape index (κ3) is 2.98. The number of carbonyl (C=O) groups is 1. The zero-order valence-electron chi connectivity index (χ0n) is 11.6. The molecule has 0 radical (unpaired) electrons. The lowest BCUT2D eigenvalue weighted by Gasteiger charge is -2.16. The van der Waals surface area contributed by atoms with Crippen LogP contribution in [0.3, 0.4) is 0 Å². The average Bonchev–Trinajstić information content (AvgIpc) is 3.08. The van der Waals surface area contributed by atoms with Gasteiger partial charge in [-0.05, 0) is 29.5 Å². The van der Waals surface area contributed by atoms with Crippen LogP contribution in [-0.2, 0) is 11.2 Å². The van der Waals surface area contributed by atoms with Crippen molar-refractivity contribution in [1.29, 1.82) is 0 Å². The van der Waals surface area contributed by atoms with Gasteiger partial charge in [0, 0.05) is 49.6 Å². The van der Waals surface area contributed by atoms with Crippen LogP contribution in [-0.4, -0.2) is 39.8 Å². The normalized spacial score (nSPS) is 18.2. The van der Waals surface area contributed by atoms with Crippen molar-refractivity contribution in [2.24, 2.45) is 11.0 Å². The van der Waals surface area contributed by atoms with Gasteiger partial charge in [0.25, 0.3) is 0 Å². The summed E-state index contributed by atoms with van der Waals surface area (Å²) in [4.78, 5) is 20.7. The van der Waals surface area contributed by atoms with Crippen molar-refractivity contribution in [3.8, 4) is 0 Å². The van der Waals surface area contributed by atoms with Crippen LogP contribution in [0.4, 0.5) is 0 Å². The van der Waals surface area contributed by atoms with Crippen molar-refractivity contribution in [3.63, 3.8) is 0 Å². The Labute approximate surface area is 121 Å². The predicted octanol–water partition coefficient (Wildman–Crippen LogP) is 2.04. The molecule has 3 heterocycles. The molecule has 21 heavy (non-hydrogen) atoms. The Bertz CT molecular complexity index is 702. The first-order chi connectivity index (χ1) is 10.3. The largest absolute Gasteiger partial charge is 0.342 e. The smallest absolute Gasteiger partial charge is 0.222 e. The molecule has 0 N–H and O–H groups in total. The van der Waals surface area contributed by atoms with Crippen molar-refractivity contribution in [1.82, 2.24) is 14.3 Å². The molecule has 0 bridgehead atoms. The molecular weight excluding hydrogens is 268 g/mol. The maximum Gasteiger partial charge on any atom is 0.222 e. The van der Waals surface area contributed by atoms with Gasteiger partial charge in [0.05, 0.1) is 0 Å². The molecule has 1 saturated heterocycles. The number of imidazole rings is 1. The van der Waals surface area contributed by atoms with Crippen LogP contribution >= 0.6 is 0 Å². The Morgan fingerprint density at radius 1 is 1.48 bits per heavy atom. The second-order valence-corrected chi connectivity index (χ2v) is 5.30. The van der Waals surface area contributed by atoms with Crippen molar-refractivity contribution >= 4 is 11.6 Å². The Balaban J connectivity index is 1.59. The van der Waals surface area contributed by atoms with E-state index >= 15 is 0 Å². The van der Waals surface area contributed by atoms with Crippen LogP contribution in [0.25, 0.3) is 16.1 Å². The number of hydrogen-bond donors (Lipinski definition) is 0. The maximum absolute atomic E-state index is 11.9.